The van der Waals surface area contributed by atoms with Crippen LogP contribution in [0.4, 0.5) is 0 Å². The van der Waals surface area contributed by atoms with Gasteiger partial charge >= 0.3 is 0 Å². The average Bonchev–Trinajstić information content (AvgIpc) is 2.48. The van der Waals surface area contributed by atoms with Crippen molar-refractivity contribution in [3.05, 3.63) is 59.9 Å². The van der Waals surface area contributed by atoms with Crippen LogP contribution in [-0.2, 0) is 6.54 Å². The summed E-state index contributed by atoms with van der Waals surface area (Å²) in [6.45, 7) is 1.08. The van der Waals surface area contributed by atoms with Crippen LogP contribution in [0.5, 0.6) is 5.75 Å². The van der Waals surface area contributed by atoms with Crippen molar-refractivity contribution in [2.45, 2.75) is 6.54 Å². The largest absolute Gasteiger partial charge is 0.497 e. The van der Waals surface area contributed by atoms with E-state index < -0.39 is 0 Å². The number of likely N-dealkylation sites (N-methyl/N-ethyl adjacent to an activating group) is 1. The molecule has 0 amide bonds. The minimum Gasteiger partial charge on any atom is -0.497 e. The van der Waals surface area contributed by atoms with E-state index in [1.165, 1.54) is 0 Å². The molecule has 1 aromatic carbocycles. The summed E-state index contributed by atoms with van der Waals surface area (Å²) >= 11 is 0. The van der Waals surface area contributed by atoms with Crippen molar-refractivity contribution in [2.75, 3.05) is 20.7 Å². The highest BCUT2D eigenvalue weighted by molar-refractivity contribution is 5.97. The highest BCUT2D eigenvalue weighted by Gasteiger charge is 2.10. The third kappa shape index (κ3) is 3.90. The zero-order valence-corrected chi connectivity index (χ0v) is 11.7. The zero-order chi connectivity index (χ0) is 14.4. The molecule has 20 heavy (non-hydrogen) atoms. The van der Waals surface area contributed by atoms with E-state index in [-0.39, 0.29) is 5.78 Å². The van der Waals surface area contributed by atoms with E-state index in [9.17, 15) is 4.79 Å². The Bertz CT molecular complexity index is 552. The van der Waals surface area contributed by atoms with Crippen LogP contribution in [0.1, 0.15) is 15.9 Å². The van der Waals surface area contributed by atoms with Crippen LogP contribution in [0.3, 0.4) is 0 Å². The molecule has 1 aromatic heterocycles. The minimum absolute atomic E-state index is 0.0963. The molecule has 0 aliphatic carbocycles. The van der Waals surface area contributed by atoms with Crippen LogP contribution in [0.2, 0.25) is 0 Å². The number of ketones is 1. The lowest BCUT2D eigenvalue weighted by Gasteiger charge is -2.15. The van der Waals surface area contributed by atoms with Gasteiger partial charge in [0.15, 0.2) is 5.78 Å². The van der Waals surface area contributed by atoms with Crippen LogP contribution in [0.15, 0.2) is 48.8 Å². The molecule has 0 fully saturated rings. The molecule has 0 radical (unpaired) electrons. The summed E-state index contributed by atoms with van der Waals surface area (Å²) in [6, 6.07) is 11.1. The number of hydrogen-bond donors (Lipinski definition) is 0. The molecule has 4 heteroatoms. The van der Waals surface area contributed by atoms with Crippen LogP contribution < -0.4 is 4.74 Å². The van der Waals surface area contributed by atoms with Crippen molar-refractivity contribution in [3.63, 3.8) is 0 Å². The average molecular weight is 270 g/mol. The Labute approximate surface area is 119 Å². The third-order valence-electron chi connectivity index (χ3n) is 3.00. The van der Waals surface area contributed by atoms with Crippen LogP contribution >= 0.6 is 0 Å². The van der Waals surface area contributed by atoms with Crippen molar-refractivity contribution < 1.29 is 9.53 Å². The second-order valence-corrected chi connectivity index (χ2v) is 4.69. The monoisotopic (exact) mass is 270 g/mol. The van der Waals surface area contributed by atoms with Gasteiger partial charge in [-0.15, -0.1) is 0 Å². The first-order valence-corrected chi connectivity index (χ1v) is 6.44. The van der Waals surface area contributed by atoms with Gasteiger partial charge in [0.05, 0.1) is 13.7 Å². The summed E-state index contributed by atoms with van der Waals surface area (Å²) in [5.74, 6) is 0.851. The molecular formula is C16H18N2O2. The first-order valence-electron chi connectivity index (χ1n) is 6.44. The Morgan fingerprint density at radius 1 is 1.25 bits per heavy atom. The number of rotatable bonds is 6. The van der Waals surface area contributed by atoms with Gasteiger partial charge in [-0.2, -0.15) is 0 Å². The summed E-state index contributed by atoms with van der Waals surface area (Å²) in [5, 5.41) is 0. The first-order chi connectivity index (χ1) is 9.69. The van der Waals surface area contributed by atoms with Gasteiger partial charge in [-0.05, 0) is 42.9 Å². The fourth-order valence-corrected chi connectivity index (χ4v) is 1.97. The van der Waals surface area contributed by atoms with E-state index in [0.717, 1.165) is 11.3 Å². The van der Waals surface area contributed by atoms with Crippen LogP contribution in [-0.4, -0.2) is 36.4 Å². The molecule has 0 bridgehead atoms. The highest BCUT2D eigenvalue weighted by Crippen LogP contribution is 2.12. The fraction of sp³-hybridized carbons (Fsp3) is 0.250. The summed E-state index contributed by atoms with van der Waals surface area (Å²) in [7, 11) is 3.53. The molecule has 1 heterocycles. The molecule has 0 aliphatic heterocycles. The van der Waals surface area contributed by atoms with Crippen molar-refractivity contribution >= 4 is 5.78 Å². The second kappa shape index (κ2) is 6.82. The topological polar surface area (TPSA) is 42.4 Å². The minimum atomic E-state index is 0.0963. The van der Waals surface area contributed by atoms with Gasteiger partial charge in [0.2, 0.25) is 0 Å². The van der Waals surface area contributed by atoms with Gasteiger partial charge < -0.3 is 4.74 Å². The lowest BCUT2D eigenvalue weighted by molar-refractivity contribution is 0.0943. The molecule has 0 saturated heterocycles. The normalized spacial score (nSPS) is 10.6. The van der Waals surface area contributed by atoms with E-state index in [1.54, 1.807) is 37.6 Å². The number of carbonyl (C=O) groups excluding carboxylic acids is 1. The maximum Gasteiger partial charge on any atom is 0.176 e. The SMILES string of the molecule is COc1ccc(C(=O)CN(C)Cc2cccnc2)cc1. The summed E-state index contributed by atoms with van der Waals surface area (Å²) in [6.07, 6.45) is 3.56. The zero-order valence-electron chi connectivity index (χ0n) is 11.7. The van der Waals surface area contributed by atoms with Gasteiger partial charge in [0.1, 0.15) is 5.75 Å². The Balaban J connectivity index is 1.93. The van der Waals surface area contributed by atoms with E-state index in [4.69, 9.17) is 4.74 Å². The Morgan fingerprint density at radius 2 is 2.00 bits per heavy atom. The van der Waals surface area contributed by atoms with Crippen LogP contribution in [0.25, 0.3) is 0 Å². The number of aromatic nitrogens is 1. The molecule has 0 saturated carbocycles. The van der Waals surface area contributed by atoms with Gasteiger partial charge in [-0.3, -0.25) is 14.7 Å². The van der Waals surface area contributed by atoms with E-state index in [1.807, 2.05) is 30.3 Å². The van der Waals surface area contributed by atoms with Gasteiger partial charge in [0, 0.05) is 24.5 Å². The van der Waals surface area contributed by atoms with E-state index in [0.29, 0.717) is 18.7 Å². The Morgan fingerprint density at radius 3 is 2.60 bits per heavy atom. The number of hydrogen-bond acceptors (Lipinski definition) is 4. The first kappa shape index (κ1) is 14.2. The smallest absolute Gasteiger partial charge is 0.176 e. The predicted molar refractivity (Wildman–Crippen MR) is 77.9 cm³/mol. The van der Waals surface area contributed by atoms with E-state index >= 15 is 0 Å². The molecule has 0 aliphatic rings. The summed E-state index contributed by atoms with van der Waals surface area (Å²) < 4.78 is 5.08. The molecule has 2 rings (SSSR count). The number of benzene rings is 1. The molecule has 104 valence electrons. The van der Waals surface area contributed by atoms with Crippen molar-refractivity contribution in [1.82, 2.24) is 9.88 Å². The lowest BCUT2D eigenvalue weighted by Crippen LogP contribution is -2.25. The van der Waals surface area contributed by atoms with Gasteiger partial charge in [-0.25, -0.2) is 0 Å². The summed E-state index contributed by atoms with van der Waals surface area (Å²) in [5.41, 5.74) is 1.79. The van der Waals surface area contributed by atoms with Gasteiger partial charge in [-0.1, -0.05) is 6.07 Å². The number of nitrogens with zero attached hydrogens (tertiary/aromatic N) is 2. The van der Waals surface area contributed by atoms with Crippen molar-refractivity contribution in [2.24, 2.45) is 0 Å². The quantitative estimate of drug-likeness (QED) is 0.756. The number of ether oxygens (including phenoxy) is 1. The number of methoxy groups -OCH3 is 1. The second-order valence-electron chi connectivity index (χ2n) is 4.69. The number of Topliss-reactive ketones (excluding diaryl/α,β-unsaturated/α-hetero) is 1. The molecular weight excluding hydrogens is 252 g/mol. The lowest BCUT2D eigenvalue weighted by atomic mass is 10.1. The van der Waals surface area contributed by atoms with Crippen molar-refractivity contribution in [1.29, 1.82) is 0 Å². The standard InChI is InChI=1S/C16H18N2O2/c1-18(11-13-4-3-9-17-10-13)12-16(19)14-5-7-15(20-2)8-6-14/h3-10H,11-12H2,1-2H3. The molecule has 2 aromatic rings. The van der Waals surface area contributed by atoms with Crippen LogP contribution in [0, 0.1) is 0 Å². The Kier molecular flexibility index (Phi) is 4.85. The molecule has 0 spiro atoms. The molecule has 0 N–H and O–H groups in total. The highest BCUT2D eigenvalue weighted by atomic mass is 16.5. The Hall–Kier alpha value is -2.20. The fourth-order valence-electron chi connectivity index (χ4n) is 1.97. The number of pyridine rings is 1. The van der Waals surface area contributed by atoms with Crippen molar-refractivity contribution in [3.8, 4) is 5.75 Å². The predicted octanol–water partition coefficient (Wildman–Crippen LogP) is 2.40. The summed E-state index contributed by atoms with van der Waals surface area (Å²) in [4.78, 5) is 18.2. The maximum atomic E-state index is 12.1. The third-order valence-corrected chi connectivity index (χ3v) is 3.00. The maximum absolute atomic E-state index is 12.1. The molecule has 4 nitrogen and oxygen atoms in total. The number of carbonyl (C=O) groups is 1. The van der Waals surface area contributed by atoms with Gasteiger partial charge in [0.25, 0.3) is 0 Å². The molecule has 0 unspecified atom stereocenters. The molecule has 0 atom stereocenters. The van der Waals surface area contributed by atoms with E-state index in [2.05, 4.69) is 4.98 Å².